The van der Waals surface area contributed by atoms with Gasteiger partial charge in [-0.05, 0) is 92.8 Å². The Morgan fingerprint density at radius 2 is 1.70 bits per heavy atom. The number of aliphatic hydroxyl groups excluding tert-OH is 3. The molecule has 0 aliphatic heterocycles. The van der Waals surface area contributed by atoms with Crippen molar-refractivity contribution in [1.29, 1.82) is 0 Å². The van der Waals surface area contributed by atoms with Crippen LogP contribution in [0, 0.1) is 29.1 Å². The van der Waals surface area contributed by atoms with Crippen LogP contribution in [0.4, 0.5) is 5.69 Å². The average Bonchev–Trinajstić information content (AvgIpc) is 3.21. The van der Waals surface area contributed by atoms with E-state index in [-0.39, 0.29) is 54.2 Å². The first-order chi connectivity index (χ1) is 28.5. The molecule has 3 aromatic carbocycles. The second kappa shape index (κ2) is 20.4. The van der Waals surface area contributed by atoms with E-state index in [0.29, 0.717) is 58.5 Å². The topological polar surface area (TPSA) is 176 Å². The van der Waals surface area contributed by atoms with E-state index in [9.17, 15) is 29.7 Å². The molecule has 7 N–H and O–H groups in total. The number of anilines is 1. The summed E-state index contributed by atoms with van der Waals surface area (Å²) in [6.45, 7) is 8.48. The van der Waals surface area contributed by atoms with E-state index in [1.165, 1.54) is 6.92 Å². The molecule has 3 aliphatic carbocycles. The van der Waals surface area contributed by atoms with Crippen molar-refractivity contribution in [2.24, 2.45) is 29.1 Å². The molecule has 3 fully saturated rings. The second-order valence-electron chi connectivity index (χ2n) is 17.9. The van der Waals surface area contributed by atoms with E-state index in [4.69, 9.17) is 4.74 Å². The average molecular weight is 829 g/mol. The molecule has 3 unspecified atom stereocenters. The van der Waals surface area contributed by atoms with Crippen LogP contribution < -0.4 is 30.9 Å². The Kier molecular flexibility index (Phi) is 15.8. The molecule has 60 heavy (non-hydrogen) atoms. The molecule has 9 atom stereocenters. The Bertz CT molecular complexity index is 1920. The van der Waals surface area contributed by atoms with Crippen molar-refractivity contribution >= 4 is 23.4 Å². The van der Waals surface area contributed by atoms with Gasteiger partial charge in [0.15, 0.2) is 0 Å². The first-order valence-corrected chi connectivity index (χ1v) is 21.2. The summed E-state index contributed by atoms with van der Waals surface area (Å²) in [4.78, 5) is 44.7. The van der Waals surface area contributed by atoms with Crippen molar-refractivity contribution < 1.29 is 34.4 Å². The number of benzene rings is 3. The van der Waals surface area contributed by atoms with E-state index in [1.54, 1.807) is 32.2 Å². The van der Waals surface area contributed by atoms with Gasteiger partial charge in [0.1, 0.15) is 5.75 Å². The number of nitrogens with one attached hydrogen (secondary N) is 4. The Labute approximate surface area is 356 Å². The largest absolute Gasteiger partial charge is 0.496 e. The van der Waals surface area contributed by atoms with E-state index >= 15 is 0 Å². The molecule has 0 radical (unpaired) electrons. The number of aliphatic hydroxyl groups is 3. The van der Waals surface area contributed by atoms with Gasteiger partial charge in [0.25, 0.3) is 5.91 Å². The number of amides is 3. The van der Waals surface area contributed by atoms with Crippen molar-refractivity contribution in [3.63, 3.8) is 0 Å². The number of rotatable bonds is 20. The lowest BCUT2D eigenvalue weighted by molar-refractivity contribution is -0.139. The van der Waals surface area contributed by atoms with Crippen LogP contribution in [0.25, 0.3) is 11.1 Å². The lowest BCUT2D eigenvalue weighted by Gasteiger charge is -2.62. The van der Waals surface area contributed by atoms with Crippen LogP contribution in [0.5, 0.6) is 5.75 Å². The molecule has 3 aliphatic rings. The maximum atomic E-state index is 14.2. The fourth-order valence-corrected chi connectivity index (χ4v) is 9.65. The number of ether oxygens (including phenoxy) is 1. The van der Waals surface area contributed by atoms with Gasteiger partial charge in [-0.2, -0.15) is 0 Å². The Balaban J connectivity index is 1.47. The maximum absolute atomic E-state index is 14.2. The molecular weight excluding hydrogens is 761 g/mol. The quantitative estimate of drug-likeness (QED) is 0.0894. The highest BCUT2D eigenvalue weighted by Gasteiger charge is 2.56. The summed E-state index contributed by atoms with van der Waals surface area (Å²) in [5.74, 6) is -0.0380. The molecule has 0 heterocycles. The molecule has 13 heteroatoms. The number of hydrogen-bond donors (Lipinski definition) is 7. The van der Waals surface area contributed by atoms with Gasteiger partial charge in [0.2, 0.25) is 11.8 Å². The van der Waals surface area contributed by atoms with Crippen LogP contribution in [0.3, 0.4) is 0 Å². The monoisotopic (exact) mass is 829 g/mol. The van der Waals surface area contributed by atoms with Crippen molar-refractivity contribution in [2.75, 3.05) is 59.9 Å². The number of methoxy groups -OCH3 is 1. The molecular formula is C47H68N6O7. The third-order valence-corrected chi connectivity index (χ3v) is 13.2. The maximum Gasteiger partial charge on any atom is 0.251 e. The lowest BCUT2D eigenvalue weighted by atomic mass is 9.45. The van der Waals surface area contributed by atoms with E-state index in [0.717, 1.165) is 18.4 Å². The van der Waals surface area contributed by atoms with Gasteiger partial charge in [-0.3, -0.25) is 14.4 Å². The normalized spacial score (nSPS) is 21.8. The summed E-state index contributed by atoms with van der Waals surface area (Å²) in [5.41, 5.74) is 4.43. The standard InChI is InChI=1S/C47H68N6O7/c1-28-38-22-34(47(38,3)4)23-39(28)51-46(59)43(42(29(2)55)40(56)27-54)49-24-31-16-13-17-37(44(31)60-9)32-19-33(21-36(20-32)53(8)26-41(57)48-5)45(58)50-35(25-52(6)7)18-30-14-11-10-12-15-30/h10-17,19-21,28-29,34-35,38-40,42-43,49,54-56H,18,22-27H2,1-9H3,(H,48,57)(H,50,58)(H,51,59)/t28?,29-,34+,35?,38-,39-,40-,42+,43?/m0/s1. The summed E-state index contributed by atoms with van der Waals surface area (Å²) in [7, 11) is 8.87. The molecule has 6 rings (SSSR count). The number of carbonyl (C=O) groups excluding carboxylic acids is 3. The third kappa shape index (κ3) is 10.9. The predicted molar refractivity (Wildman–Crippen MR) is 236 cm³/mol. The number of carbonyl (C=O) groups is 3. The van der Waals surface area contributed by atoms with Crippen molar-refractivity contribution in [3.05, 3.63) is 83.4 Å². The minimum atomic E-state index is -1.36. The first-order valence-electron chi connectivity index (χ1n) is 21.2. The highest BCUT2D eigenvalue weighted by Crippen LogP contribution is 2.61. The zero-order valence-electron chi connectivity index (χ0n) is 36.9. The summed E-state index contributed by atoms with van der Waals surface area (Å²) in [5, 5.41) is 44.4. The number of hydrogen-bond acceptors (Lipinski definition) is 10. The molecule has 0 aromatic heterocycles. The fraction of sp³-hybridized carbons (Fsp3) is 0.553. The molecule has 13 nitrogen and oxygen atoms in total. The first kappa shape index (κ1) is 46.5. The Morgan fingerprint density at radius 1 is 0.983 bits per heavy atom. The van der Waals surface area contributed by atoms with Gasteiger partial charge in [-0.1, -0.05) is 69.3 Å². The van der Waals surface area contributed by atoms with Crippen LogP contribution in [0.15, 0.2) is 66.7 Å². The van der Waals surface area contributed by atoms with Crippen LogP contribution >= 0.6 is 0 Å². The second-order valence-corrected chi connectivity index (χ2v) is 17.9. The zero-order valence-corrected chi connectivity index (χ0v) is 36.9. The van der Waals surface area contributed by atoms with Crippen LogP contribution in [-0.2, 0) is 22.6 Å². The summed E-state index contributed by atoms with van der Waals surface area (Å²) in [6, 6.07) is 19.9. The van der Waals surface area contributed by atoms with Gasteiger partial charge < -0.3 is 51.1 Å². The molecule has 0 saturated heterocycles. The van der Waals surface area contributed by atoms with Gasteiger partial charge in [0.05, 0.1) is 38.5 Å². The van der Waals surface area contributed by atoms with Crippen molar-refractivity contribution in [3.8, 4) is 16.9 Å². The minimum absolute atomic E-state index is 0.0472. The van der Waals surface area contributed by atoms with Crippen LogP contribution in [0.2, 0.25) is 0 Å². The highest BCUT2D eigenvalue weighted by atomic mass is 16.5. The lowest BCUT2D eigenvalue weighted by Crippen LogP contribution is -2.63. The number of para-hydroxylation sites is 1. The van der Waals surface area contributed by atoms with Crippen LogP contribution in [-0.4, -0.2) is 123 Å². The van der Waals surface area contributed by atoms with E-state index in [1.807, 2.05) is 79.7 Å². The smallest absolute Gasteiger partial charge is 0.251 e. The molecule has 3 saturated carbocycles. The SMILES string of the molecule is CNC(=O)CN(C)c1cc(C(=O)NC(Cc2ccccc2)CN(C)C)cc(-c2cccc(CNC(C(=O)N[C@H]3C[C@H]4C[C@@H](C3C)C4(C)C)[C@H]([C@H](C)O)[C@@H](O)CO)c2OC)c1. The Morgan fingerprint density at radius 3 is 2.30 bits per heavy atom. The minimum Gasteiger partial charge on any atom is -0.496 e. The van der Waals surface area contributed by atoms with E-state index in [2.05, 4.69) is 42.0 Å². The van der Waals surface area contributed by atoms with E-state index < -0.39 is 30.8 Å². The number of fused-ring (bicyclic) bond motifs is 2. The summed E-state index contributed by atoms with van der Waals surface area (Å²) < 4.78 is 6.07. The molecule has 2 bridgehead atoms. The Hall–Kier alpha value is -4.53. The molecule has 0 spiro atoms. The summed E-state index contributed by atoms with van der Waals surface area (Å²) in [6.07, 6.45) is 0.176. The zero-order chi connectivity index (χ0) is 43.9. The van der Waals surface area contributed by atoms with Crippen LogP contribution in [0.1, 0.15) is 62.0 Å². The summed E-state index contributed by atoms with van der Waals surface area (Å²) >= 11 is 0. The van der Waals surface area contributed by atoms with Crippen molar-refractivity contribution in [1.82, 2.24) is 26.2 Å². The fourth-order valence-electron chi connectivity index (χ4n) is 9.65. The number of likely N-dealkylation sites (N-methyl/N-ethyl adjacent to an activating group) is 3. The number of nitrogens with zero attached hydrogens (tertiary/aromatic N) is 2. The molecule has 3 amide bonds. The third-order valence-electron chi connectivity index (χ3n) is 13.2. The molecule has 3 aromatic rings. The van der Waals surface area contributed by atoms with Crippen molar-refractivity contribution in [2.45, 2.75) is 83.8 Å². The predicted octanol–water partition coefficient (Wildman–Crippen LogP) is 3.44. The van der Waals surface area contributed by atoms with Gasteiger partial charge >= 0.3 is 0 Å². The molecule has 328 valence electrons. The van der Waals surface area contributed by atoms with Gasteiger partial charge in [-0.15, -0.1) is 0 Å². The van der Waals surface area contributed by atoms with Gasteiger partial charge in [0, 0.05) is 67.6 Å². The highest BCUT2D eigenvalue weighted by molar-refractivity contribution is 5.97. The van der Waals surface area contributed by atoms with Gasteiger partial charge in [-0.25, -0.2) is 0 Å².